The molecule has 1 heterocycles. The standard InChI is InChI=1S/C23H29N3O2/c1-23(2,3)26-15-22(27)25-13-19(16-9-11-17(28-4)12-10-16)20-14-24-21-8-6-5-7-18(20)21/h5-12,14,19,24,26H,13,15H2,1-4H3,(H,25,27)/t19-/m1/s1. The molecular weight excluding hydrogens is 350 g/mol. The van der Waals surface area contributed by atoms with Crippen molar-refractivity contribution in [2.24, 2.45) is 0 Å². The van der Waals surface area contributed by atoms with Crippen LogP contribution in [0.3, 0.4) is 0 Å². The van der Waals surface area contributed by atoms with E-state index < -0.39 is 0 Å². The first-order valence-corrected chi connectivity index (χ1v) is 9.59. The van der Waals surface area contributed by atoms with Crippen molar-refractivity contribution in [1.82, 2.24) is 15.6 Å². The molecule has 0 radical (unpaired) electrons. The van der Waals surface area contributed by atoms with Crippen LogP contribution in [0.1, 0.15) is 37.8 Å². The summed E-state index contributed by atoms with van der Waals surface area (Å²) in [6.45, 7) is 6.97. The third kappa shape index (κ3) is 4.93. The average molecular weight is 380 g/mol. The smallest absolute Gasteiger partial charge is 0.234 e. The summed E-state index contributed by atoms with van der Waals surface area (Å²) in [5.74, 6) is 0.855. The summed E-state index contributed by atoms with van der Waals surface area (Å²) < 4.78 is 5.29. The van der Waals surface area contributed by atoms with Gasteiger partial charge in [-0.05, 0) is 50.1 Å². The number of para-hydroxylation sites is 1. The molecule has 1 atom stereocenters. The predicted molar refractivity (Wildman–Crippen MR) is 114 cm³/mol. The quantitative estimate of drug-likeness (QED) is 0.585. The van der Waals surface area contributed by atoms with Gasteiger partial charge in [0, 0.05) is 35.1 Å². The van der Waals surface area contributed by atoms with Crippen LogP contribution >= 0.6 is 0 Å². The number of nitrogens with one attached hydrogen (secondary N) is 3. The number of ether oxygens (including phenoxy) is 1. The third-order valence-electron chi connectivity index (χ3n) is 4.80. The van der Waals surface area contributed by atoms with Gasteiger partial charge in [0.25, 0.3) is 0 Å². The molecule has 0 bridgehead atoms. The topological polar surface area (TPSA) is 66.2 Å². The van der Waals surface area contributed by atoms with E-state index in [1.165, 1.54) is 10.9 Å². The van der Waals surface area contributed by atoms with Crippen molar-refractivity contribution in [1.29, 1.82) is 0 Å². The van der Waals surface area contributed by atoms with Gasteiger partial charge in [0.2, 0.25) is 5.91 Å². The number of carbonyl (C=O) groups is 1. The maximum absolute atomic E-state index is 12.4. The Morgan fingerprint density at radius 2 is 1.82 bits per heavy atom. The van der Waals surface area contributed by atoms with Gasteiger partial charge in [-0.25, -0.2) is 0 Å². The second-order valence-corrected chi connectivity index (χ2v) is 8.02. The Hall–Kier alpha value is -2.79. The van der Waals surface area contributed by atoms with Gasteiger partial charge in [-0.2, -0.15) is 0 Å². The number of benzene rings is 2. The fraction of sp³-hybridized carbons (Fsp3) is 0.348. The number of H-pyrrole nitrogens is 1. The first kappa shape index (κ1) is 20.0. The molecule has 1 amide bonds. The Kier molecular flexibility index (Phi) is 6.05. The van der Waals surface area contributed by atoms with Gasteiger partial charge < -0.3 is 20.4 Å². The van der Waals surface area contributed by atoms with Crippen LogP contribution in [0.25, 0.3) is 10.9 Å². The van der Waals surface area contributed by atoms with E-state index in [2.05, 4.69) is 39.9 Å². The normalized spacial score (nSPS) is 12.7. The molecule has 5 nitrogen and oxygen atoms in total. The first-order valence-electron chi connectivity index (χ1n) is 9.59. The Morgan fingerprint density at radius 1 is 1.11 bits per heavy atom. The summed E-state index contributed by atoms with van der Waals surface area (Å²) in [6, 6.07) is 16.3. The van der Waals surface area contributed by atoms with Crippen molar-refractivity contribution < 1.29 is 9.53 Å². The van der Waals surface area contributed by atoms with Crippen molar-refractivity contribution in [3.63, 3.8) is 0 Å². The number of aromatic amines is 1. The number of rotatable bonds is 7. The van der Waals surface area contributed by atoms with Gasteiger partial charge in [-0.3, -0.25) is 4.79 Å². The molecule has 0 spiro atoms. The Balaban J connectivity index is 1.83. The van der Waals surface area contributed by atoms with E-state index in [1.54, 1.807) is 7.11 Å². The summed E-state index contributed by atoms with van der Waals surface area (Å²) in [5.41, 5.74) is 3.31. The molecule has 0 aliphatic rings. The molecule has 2 aromatic carbocycles. The van der Waals surface area contributed by atoms with Crippen LogP contribution in [0.2, 0.25) is 0 Å². The van der Waals surface area contributed by atoms with E-state index in [1.807, 2.05) is 51.2 Å². The number of methoxy groups -OCH3 is 1. The molecule has 3 aromatic rings. The van der Waals surface area contributed by atoms with E-state index in [9.17, 15) is 4.79 Å². The molecule has 0 saturated heterocycles. The molecule has 0 saturated carbocycles. The fourth-order valence-electron chi connectivity index (χ4n) is 3.25. The van der Waals surface area contributed by atoms with Crippen LogP contribution < -0.4 is 15.4 Å². The number of hydrogen-bond acceptors (Lipinski definition) is 3. The van der Waals surface area contributed by atoms with Crippen LogP contribution in [0.15, 0.2) is 54.7 Å². The van der Waals surface area contributed by atoms with E-state index >= 15 is 0 Å². The highest BCUT2D eigenvalue weighted by Gasteiger charge is 2.20. The number of aromatic nitrogens is 1. The largest absolute Gasteiger partial charge is 0.497 e. The van der Waals surface area contributed by atoms with Gasteiger partial charge in [0.1, 0.15) is 5.75 Å². The van der Waals surface area contributed by atoms with Gasteiger partial charge in [-0.1, -0.05) is 30.3 Å². The molecule has 5 heteroatoms. The summed E-state index contributed by atoms with van der Waals surface area (Å²) in [7, 11) is 1.66. The summed E-state index contributed by atoms with van der Waals surface area (Å²) in [6.07, 6.45) is 2.04. The van der Waals surface area contributed by atoms with Crippen LogP contribution in [0.5, 0.6) is 5.75 Å². The minimum absolute atomic E-state index is 0.00622. The maximum atomic E-state index is 12.4. The molecule has 148 valence electrons. The fourth-order valence-corrected chi connectivity index (χ4v) is 3.25. The highest BCUT2D eigenvalue weighted by molar-refractivity contribution is 5.84. The van der Waals surface area contributed by atoms with Gasteiger partial charge in [-0.15, -0.1) is 0 Å². The molecule has 1 aromatic heterocycles. The Labute approximate surface area is 166 Å². The second-order valence-electron chi connectivity index (χ2n) is 8.02. The highest BCUT2D eigenvalue weighted by Crippen LogP contribution is 2.31. The molecular formula is C23H29N3O2. The van der Waals surface area contributed by atoms with Crippen molar-refractivity contribution in [2.45, 2.75) is 32.2 Å². The lowest BCUT2D eigenvalue weighted by Gasteiger charge is -2.22. The minimum atomic E-state index is -0.0937. The molecule has 0 fully saturated rings. The van der Waals surface area contributed by atoms with Gasteiger partial charge >= 0.3 is 0 Å². The summed E-state index contributed by atoms with van der Waals surface area (Å²) in [4.78, 5) is 15.7. The van der Waals surface area contributed by atoms with E-state index in [4.69, 9.17) is 4.74 Å². The highest BCUT2D eigenvalue weighted by atomic mass is 16.5. The molecule has 3 rings (SSSR count). The van der Waals surface area contributed by atoms with E-state index in [0.717, 1.165) is 16.8 Å². The minimum Gasteiger partial charge on any atom is -0.497 e. The number of amides is 1. The van der Waals surface area contributed by atoms with E-state index in [0.29, 0.717) is 13.1 Å². The number of carbonyl (C=O) groups excluding carboxylic acids is 1. The van der Waals surface area contributed by atoms with Crippen molar-refractivity contribution in [3.8, 4) is 5.75 Å². The first-order chi connectivity index (χ1) is 13.4. The van der Waals surface area contributed by atoms with Crippen molar-refractivity contribution in [2.75, 3.05) is 20.2 Å². The predicted octanol–water partition coefficient (Wildman–Crippen LogP) is 3.81. The lowest BCUT2D eigenvalue weighted by molar-refractivity contribution is -0.120. The zero-order chi connectivity index (χ0) is 20.1. The number of fused-ring (bicyclic) bond motifs is 1. The summed E-state index contributed by atoms with van der Waals surface area (Å²) in [5, 5.41) is 7.49. The van der Waals surface area contributed by atoms with Crippen molar-refractivity contribution in [3.05, 3.63) is 65.9 Å². The average Bonchev–Trinajstić information content (AvgIpc) is 3.10. The van der Waals surface area contributed by atoms with E-state index in [-0.39, 0.29) is 17.4 Å². The SMILES string of the molecule is COc1ccc([C@@H](CNC(=O)CNC(C)(C)C)c2c[nH]c3ccccc23)cc1. The Bertz CT molecular complexity index is 923. The molecule has 0 aliphatic heterocycles. The van der Waals surface area contributed by atoms with Gasteiger partial charge in [0.05, 0.1) is 13.7 Å². The summed E-state index contributed by atoms with van der Waals surface area (Å²) >= 11 is 0. The zero-order valence-electron chi connectivity index (χ0n) is 17.0. The molecule has 28 heavy (non-hydrogen) atoms. The molecule has 0 unspecified atom stereocenters. The van der Waals surface area contributed by atoms with Crippen LogP contribution in [0, 0.1) is 0 Å². The molecule has 0 aliphatic carbocycles. The van der Waals surface area contributed by atoms with Crippen molar-refractivity contribution >= 4 is 16.8 Å². The maximum Gasteiger partial charge on any atom is 0.234 e. The van der Waals surface area contributed by atoms with Crippen LogP contribution in [0.4, 0.5) is 0 Å². The lowest BCUT2D eigenvalue weighted by atomic mass is 9.90. The molecule has 3 N–H and O–H groups in total. The number of hydrogen-bond donors (Lipinski definition) is 3. The third-order valence-corrected chi connectivity index (χ3v) is 4.80. The van der Waals surface area contributed by atoms with Gasteiger partial charge in [0.15, 0.2) is 0 Å². The monoisotopic (exact) mass is 379 g/mol. The second kappa shape index (κ2) is 8.48. The van der Waals surface area contributed by atoms with Crippen LogP contribution in [-0.2, 0) is 4.79 Å². The Morgan fingerprint density at radius 3 is 2.50 bits per heavy atom. The lowest BCUT2D eigenvalue weighted by Crippen LogP contribution is -2.44. The van der Waals surface area contributed by atoms with Crippen LogP contribution in [-0.4, -0.2) is 36.6 Å². The zero-order valence-corrected chi connectivity index (χ0v) is 17.0.